The minimum Gasteiger partial charge on any atom is -0.507 e. The van der Waals surface area contributed by atoms with Crippen molar-refractivity contribution in [2.45, 2.75) is 32.7 Å². The van der Waals surface area contributed by atoms with Gasteiger partial charge in [-0.2, -0.15) is 0 Å². The Kier molecular flexibility index (Phi) is 5.09. The Morgan fingerprint density at radius 3 is 2.46 bits per heavy atom. The number of phenols is 1. The molecule has 0 unspecified atom stereocenters. The quantitative estimate of drug-likeness (QED) is 0.678. The highest BCUT2D eigenvalue weighted by atomic mass is 16.5. The van der Waals surface area contributed by atoms with E-state index >= 15 is 0 Å². The first-order valence-corrected chi connectivity index (χ1v) is 9.73. The van der Waals surface area contributed by atoms with Gasteiger partial charge >= 0.3 is 5.63 Å². The van der Waals surface area contributed by atoms with Gasteiger partial charge in [0.15, 0.2) is 0 Å². The van der Waals surface area contributed by atoms with Gasteiger partial charge in [0.05, 0.1) is 18.2 Å². The molecular weight excluding hydrogens is 354 g/mol. The number of nitrogens with zero attached hydrogens (tertiary/aromatic N) is 1. The molecule has 0 amide bonds. The smallest absolute Gasteiger partial charge is 0.344 e. The highest BCUT2D eigenvalue weighted by Crippen LogP contribution is 2.34. The fraction of sp³-hybridized carbons (Fsp3) is 0.348. The third-order valence-electron chi connectivity index (χ3n) is 5.62. The summed E-state index contributed by atoms with van der Waals surface area (Å²) >= 11 is 0. The molecular formula is C23H25NO4. The fourth-order valence-corrected chi connectivity index (χ4v) is 4.05. The number of aromatic hydroxyl groups is 1. The van der Waals surface area contributed by atoms with E-state index in [4.69, 9.17) is 9.15 Å². The molecule has 1 aliphatic rings. The van der Waals surface area contributed by atoms with Crippen LogP contribution in [0.15, 0.2) is 45.6 Å². The maximum atomic E-state index is 12.9. The third kappa shape index (κ3) is 3.38. The zero-order chi connectivity index (χ0) is 19.7. The molecule has 1 aromatic heterocycles. The molecule has 28 heavy (non-hydrogen) atoms. The molecule has 5 nitrogen and oxygen atoms in total. The molecule has 1 N–H and O–H groups in total. The molecule has 1 saturated heterocycles. The van der Waals surface area contributed by atoms with E-state index in [1.807, 2.05) is 37.3 Å². The molecule has 5 heteroatoms. The Morgan fingerprint density at radius 1 is 1.07 bits per heavy atom. The highest BCUT2D eigenvalue weighted by molar-refractivity contribution is 5.89. The molecule has 0 aliphatic carbocycles. The Balaban J connectivity index is 1.83. The van der Waals surface area contributed by atoms with Crippen LogP contribution < -0.4 is 10.4 Å². The number of benzene rings is 2. The van der Waals surface area contributed by atoms with E-state index < -0.39 is 0 Å². The van der Waals surface area contributed by atoms with E-state index in [-0.39, 0.29) is 11.4 Å². The van der Waals surface area contributed by atoms with Crippen LogP contribution in [0, 0.1) is 6.92 Å². The summed E-state index contributed by atoms with van der Waals surface area (Å²) in [6.07, 6.45) is 3.57. The summed E-state index contributed by atoms with van der Waals surface area (Å²) in [5.74, 6) is 0.915. The lowest BCUT2D eigenvalue weighted by atomic mass is 9.97. The third-order valence-corrected chi connectivity index (χ3v) is 5.62. The topological polar surface area (TPSA) is 62.9 Å². The number of methoxy groups -OCH3 is 1. The zero-order valence-corrected chi connectivity index (χ0v) is 16.3. The van der Waals surface area contributed by atoms with Gasteiger partial charge in [0.2, 0.25) is 0 Å². The number of likely N-dealkylation sites (tertiary alicyclic amines) is 1. The summed E-state index contributed by atoms with van der Waals surface area (Å²) in [6.45, 7) is 4.53. The van der Waals surface area contributed by atoms with Gasteiger partial charge in [0, 0.05) is 11.9 Å². The van der Waals surface area contributed by atoms with E-state index in [0.29, 0.717) is 23.3 Å². The van der Waals surface area contributed by atoms with E-state index in [1.54, 1.807) is 13.2 Å². The first kappa shape index (κ1) is 18.6. The summed E-state index contributed by atoms with van der Waals surface area (Å²) in [7, 11) is 1.61. The molecule has 0 radical (unpaired) electrons. The molecule has 1 aliphatic heterocycles. The van der Waals surface area contributed by atoms with Crippen molar-refractivity contribution in [1.82, 2.24) is 4.90 Å². The molecule has 2 heterocycles. The van der Waals surface area contributed by atoms with Gasteiger partial charge < -0.3 is 14.3 Å². The minimum absolute atomic E-state index is 0.179. The van der Waals surface area contributed by atoms with Crippen LogP contribution in [0.1, 0.15) is 30.4 Å². The number of phenolic OH excluding ortho intramolecular Hbond substituents is 1. The Morgan fingerprint density at radius 2 is 1.79 bits per heavy atom. The fourth-order valence-electron chi connectivity index (χ4n) is 4.05. The van der Waals surface area contributed by atoms with Gasteiger partial charge in [-0.1, -0.05) is 18.6 Å². The average molecular weight is 379 g/mol. The van der Waals surface area contributed by atoms with E-state index in [2.05, 4.69) is 4.90 Å². The van der Waals surface area contributed by atoms with Crippen molar-refractivity contribution in [2.24, 2.45) is 0 Å². The van der Waals surface area contributed by atoms with Crippen LogP contribution >= 0.6 is 0 Å². The van der Waals surface area contributed by atoms with Crippen molar-refractivity contribution in [3.63, 3.8) is 0 Å². The number of rotatable bonds is 4. The number of hydrogen-bond acceptors (Lipinski definition) is 5. The van der Waals surface area contributed by atoms with Crippen LogP contribution in [0.3, 0.4) is 0 Å². The summed E-state index contributed by atoms with van der Waals surface area (Å²) in [5.41, 5.74) is 2.99. The highest BCUT2D eigenvalue weighted by Gasteiger charge is 2.20. The number of hydrogen-bond donors (Lipinski definition) is 1. The van der Waals surface area contributed by atoms with Gasteiger partial charge in [0.25, 0.3) is 0 Å². The molecule has 0 atom stereocenters. The summed E-state index contributed by atoms with van der Waals surface area (Å²) in [6, 6.07) is 10.9. The van der Waals surface area contributed by atoms with Crippen molar-refractivity contribution in [3.8, 4) is 22.6 Å². The van der Waals surface area contributed by atoms with Crippen molar-refractivity contribution in [3.05, 3.63) is 57.9 Å². The van der Waals surface area contributed by atoms with Gasteiger partial charge in [-0.25, -0.2) is 4.79 Å². The number of fused-ring (bicyclic) bond motifs is 1. The Hall–Kier alpha value is -2.79. The van der Waals surface area contributed by atoms with E-state index in [9.17, 15) is 9.90 Å². The van der Waals surface area contributed by atoms with Crippen LogP contribution in [-0.4, -0.2) is 30.2 Å². The van der Waals surface area contributed by atoms with Crippen molar-refractivity contribution >= 4 is 11.0 Å². The van der Waals surface area contributed by atoms with Crippen molar-refractivity contribution < 1.29 is 14.3 Å². The maximum absolute atomic E-state index is 12.9. The zero-order valence-electron chi connectivity index (χ0n) is 16.3. The van der Waals surface area contributed by atoms with Gasteiger partial charge in [-0.3, -0.25) is 4.90 Å². The predicted molar refractivity (Wildman–Crippen MR) is 110 cm³/mol. The first-order chi connectivity index (χ1) is 13.6. The minimum atomic E-state index is -0.388. The van der Waals surface area contributed by atoms with Gasteiger partial charge in [-0.05, 0) is 68.2 Å². The lowest BCUT2D eigenvalue weighted by molar-refractivity contribution is 0.218. The van der Waals surface area contributed by atoms with Gasteiger partial charge in [-0.15, -0.1) is 0 Å². The molecule has 2 aromatic carbocycles. The molecule has 0 saturated carbocycles. The maximum Gasteiger partial charge on any atom is 0.344 e. The number of ether oxygens (including phenoxy) is 1. The van der Waals surface area contributed by atoms with E-state index in [1.165, 1.54) is 6.42 Å². The van der Waals surface area contributed by atoms with Crippen LogP contribution in [0.4, 0.5) is 0 Å². The Bertz CT molecular complexity index is 1050. The average Bonchev–Trinajstić information content (AvgIpc) is 2.71. The van der Waals surface area contributed by atoms with Crippen LogP contribution in [0.2, 0.25) is 0 Å². The molecule has 3 aromatic rings. The predicted octanol–water partition coefficient (Wildman–Crippen LogP) is 4.47. The van der Waals surface area contributed by atoms with Crippen LogP contribution in [0.5, 0.6) is 11.5 Å². The molecule has 146 valence electrons. The summed E-state index contributed by atoms with van der Waals surface area (Å²) < 4.78 is 11.0. The first-order valence-electron chi connectivity index (χ1n) is 9.73. The molecule has 1 fully saturated rings. The number of aryl methyl sites for hydroxylation is 1. The van der Waals surface area contributed by atoms with Crippen LogP contribution in [0.25, 0.3) is 22.1 Å². The molecule has 0 spiro atoms. The van der Waals surface area contributed by atoms with Gasteiger partial charge in [0.1, 0.15) is 17.1 Å². The summed E-state index contributed by atoms with van der Waals surface area (Å²) in [4.78, 5) is 15.2. The summed E-state index contributed by atoms with van der Waals surface area (Å²) in [5, 5.41) is 11.3. The molecule has 4 rings (SSSR count). The van der Waals surface area contributed by atoms with Crippen molar-refractivity contribution in [1.29, 1.82) is 0 Å². The molecule has 0 bridgehead atoms. The van der Waals surface area contributed by atoms with Crippen molar-refractivity contribution in [2.75, 3.05) is 20.2 Å². The lowest BCUT2D eigenvalue weighted by Crippen LogP contribution is -2.29. The second-order valence-electron chi connectivity index (χ2n) is 7.39. The number of piperidine rings is 1. The lowest BCUT2D eigenvalue weighted by Gasteiger charge is -2.27. The monoisotopic (exact) mass is 379 g/mol. The Labute approximate surface area is 164 Å². The largest absolute Gasteiger partial charge is 0.507 e. The van der Waals surface area contributed by atoms with E-state index in [0.717, 1.165) is 48.2 Å². The van der Waals surface area contributed by atoms with Crippen LogP contribution in [-0.2, 0) is 6.54 Å². The second kappa shape index (κ2) is 7.68. The standard InChI is InChI=1S/C23H25NO4/c1-15-18-10-11-20(25)19(14-24-12-4-3-5-13-24)22(18)28-23(26)21(15)16-6-8-17(27-2)9-7-16/h6-11,25H,3-5,12-14H2,1-2H3. The normalized spacial score (nSPS) is 15.1. The SMILES string of the molecule is COc1ccc(-c2c(C)c3ccc(O)c(CN4CCCCC4)c3oc2=O)cc1. The second-order valence-corrected chi connectivity index (χ2v) is 7.39.